The van der Waals surface area contributed by atoms with Crippen molar-refractivity contribution in [2.24, 2.45) is 11.8 Å². The molecular formula is C13H20N2. The first-order valence-corrected chi connectivity index (χ1v) is 6.03. The van der Waals surface area contributed by atoms with Crippen LogP contribution in [0.5, 0.6) is 0 Å². The van der Waals surface area contributed by atoms with E-state index >= 15 is 0 Å². The number of hydrogen-bond donors (Lipinski definition) is 1. The molecule has 0 bridgehead atoms. The average molecular weight is 204 g/mol. The van der Waals surface area contributed by atoms with Crippen LogP contribution < -0.4 is 5.32 Å². The Morgan fingerprint density at radius 2 is 1.93 bits per heavy atom. The summed E-state index contributed by atoms with van der Waals surface area (Å²) >= 11 is 0. The fraction of sp³-hybridized carbons (Fsp3) is 0.769. The van der Waals surface area contributed by atoms with Crippen LogP contribution in [0.25, 0.3) is 0 Å². The molecule has 0 aliphatic heterocycles. The molecule has 0 aromatic carbocycles. The van der Waals surface area contributed by atoms with Crippen molar-refractivity contribution in [2.75, 3.05) is 0 Å². The Morgan fingerprint density at radius 1 is 1.33 bits per heavy atom. The predicted molar refractivity (Wildman–Crippen MR) is 61.0 cm³/mol. The van der Waals surface area contributed by atoms with E-state index in [0.717, 1.165) is 24.5 Å². The quantitative estimate of drug-likeness (QED) is 0.767. The lowest BCUT2D eigenvalue weighted by Crippen LogP contribution is -2.32. The van der Waals surface area contributed by atoms with E-state index < -0.39 is 0 Å². The van der Waals surface area contributed by atoms with Gasteiger partial charge in [0, 0.05) is 5.70 Å². The summed E-state index contributed by atoms with van der Waals surface area (Å²) in [5.41, 5.74) is 0.876. The number of hydrogen-bond acceptors (Lipinski definition) is 2. The normalized spacial score (nSPS) is 32.8. The number of allylic oxidation sites excluding steroid dienone is 1. The molecule has 0 unspecified atom stereocenters. The Hall–Kier alpha value is -0.970. The van der Waals surface area contributed by atoms with Gasteiger partial charge in [-0.3, -0.25) is 0 Å². The third-order valence-electron chi connectivity index (χ3n) is 3.87. The van der Waals surface area contributed by atoms with E-state index in [0.29, 0.717) is 5.92 Å². The summed E-state index contributed by atoms with van der Waals surface area (Å²) in [7, 11) is 0. The van der Waals surface area contributed by atoms with Crippen molar-refractivity contribution >= 4 is 0 Å². The molecule has 1 N–H and O–H groups in total. The molecule has 0 aromatic heterocycles. The van der Waals surface area contributed by atoms with Crippen LogP contribution in [0.1, 0.15) is 45.4 Å². The van der Waals surface area contributed by atoms with Crippen LogP contribution in [-0.4, -0.2) is 5.54 Å². The van der Waals surface area contributed by atoms with Crippen molar-refractivity contribution in [3.8, 4) is 6.07 Å². The van der Waals surface area contributed by atoms with E-state index in [4.69, 9.17) is 5.26 Å². The molecular weight excluding hydrogens is 184 g/mol. The van der Waals surface area contributed by atoms with Gasteiger partial charge in [-0.05, 0) is 37.5 Å². The monoisotopic (exact) mass is 204 g/mol. The molecule has 2 heteroatoms. The van der Waals surface area contributed by atoms with Gasteiger partial charge < -0.3 is 5.32 Å². The molecule has 2 fully saturated rings. The van der Waals surface area contributed by atoms with E-state index in [1.165, 1.54) is 25.7 Å². The smallest absolute Gasteiger partial charge is 0.125 e. The Labute approximate surface area is 92.4 Å². The van der Waals surface area contributed by atoms with Crippen molar-refractivity contribution in [3.63, 3.8) is 0 Å². The van der Waals surface area contributed by atoms with E-state index in [2.05, 4.69) is 24.9 Å². The zero-order valence-corrected chi connectivity index (χ0v) is 9.55. The molecule has 2 saturated carbocycles. The highest BCUT2D eigenvalue weighted by atomic mass is 15.0. The van der Waals surface area contributed by atoms with Gasteiger partial charge in [0.1, 0.15) is 5.54 Å². The minimum Gasteiger partial charge on any atom is -0.371 e. The van der Waals surface area contributed by atoms with Crippen LogP contribution in [-0.2, 0) is 0 Å². The Morgan fingerprint density at radius 3 is 2.40 bits per heavy atom. The number of nitriles is 1. The van der Waals surface area contributed by atoms with Crippen molar-refractivity contribution < 1.29 is 0 Å². The molecule has 0 saturated heterocycles. The first-order chi connectivity index (χ1) is 7.15. The molecule has 0 amide bonds. The van der Waals surface area contributed by atoms with E-state index in [1.807, 2.05) is 0 Å². The number of nitrogens with zero attached hydrogens (tertiary/aromatic N) is 1. The lowest BCUT2D eigenvalue weighted by molar-refractivity contribution is 0.308. The maximum Gasteiger partial charge on any atom is 0.125 e. The highest BCUT2D eigenvalue weighted by Crippen LogP contribution is 2.38. The lowest BCUT2D eigenvalue weighted by Gasteiger charge is -2.29. The summed E-state index contributed by atoms with van der Waals surface area (Å²) in [5, 5.41) is 12.3. The highest BCUT2D eigenvalue weighted by molar-refractivity contribution is 5.23. The second-order valence-corrected chi connectivity index (χ2v) is 5.30. The number of nitrogens with one attached hydrogen (secondary N) is 1. The molecule has 2 aliphatic carbocycles. The second-order valence-electron chi connectivity index (χ2n) is 5.30. The van der Waals surface area contributed by atoms with Crippen LogP contribution in [0.3, 0.4) is 0 Å². The Bertz CT molecular complexity index is 288. The van der Waals surface area contributed by atoms with Crippen LogP contribution in [0, 0.1) is 23.2 Å². The molecule has 2 aliphatic rings. The molecule has 15 heavy (non-hydrogen) atoms. The average Bonchev–Trinajstić information content (AvgIpc) is 2.99. The molecule has 0 aromatic rings. The summed E-state index contributed by atoms with van der Waals surface area (Å²) in [5.74, 6) is 1.48. The van der Waals surface area contributed by atoms with Gasteiger partial charge in [0.2, 0.25) is 0 Å². The first kappa shape index (κ1) is 10.5. The topological polar surface area (TPSA) is 35.8 Å². The van der Waals surface area contributed by atoms with Gasteiger partial charge in [0.05, 0.1) is 6.07 Å². The molecule has 0 heterocycles. The van der Waals surface area contributed by atoms with Gasteiger partial charge in [-0.1, -0.05) is 26.3 Å². The second kappa shape index (κ2) is 3.89. The van der Waals surface area contributed by atoms with Crippen LogP contribution >= 0.6 is 0 Å². The number of rotatable bonds is 3. The predicted octanol–water partition coefficient (Wildman–Crippen LogP) is 2.97. The maximum atomic E-state index is 8.99. The summed E-state index contributed by atoms with van der Waals surface area (Å²) in [6, 6.07) is 2.36. The van der Waals surface area contributed by atoms with E-state index in [1.54, 1.807) is 0 Å². The summed E-state index contributed by atoms with van der Waals surface area (Å²) in [6.07, 6.45) is 7.09. The van der Waals surface area contributed by atoms with Crippen molar-refractivity contribution in [1.82, 2.24) is 5.32 Å². The summed E-state index contributed by atoms with van der Waals surface area (Å²) in [6.45, 7) is 6.44. The largest absolute Gasteiger partial charge is 0.371 e. The minimum atomic E-state index is -0.236. The summed E-state index contributed by atoms with van der Waals surface area (Å²) < 4.78 is 0. The standard InChI is InChI=1S/C13H20N2/c1-10-3-5-12(6-4-10)11(2)15-13(9-14)7-8-13/h10,12,15H,2-8H2,1H3. The van der Waals surface area contributed by atoms with E-state index in [-0.39, 0.29) is 5.54 Å². The summed E-state index contributed by atoms with van der Waals surface area (Å²) in [4.78, 5) is 0. The van der Waals surface area contributed by atoms with Crippen molar-refractivity contribution in [2.45, 2.75) is 51.0 Å². The van der Waals surface area contributed by atoms with Gasteiger partial charge in [0.15, 0.2) is 0 Å². The molecule has 2 nitrogen and oxygen atoms in total. The SMILES string of the molecule is C=C(NC1(C#N)CC1)C1CCC(C)CC1. The zero-order chi connectivity index (χ0) is 10.9. The molecule has 0 radical (unpaired) electrons. The van der Waals surface area contributed by atoms with Gasteiger partial charge in [-0.2, -0.15) is 5.26 Å². The third-order valence-corrected chi connectivity index (χ3v) is 3.87. The fourth-order valence-corrected chi connectivity index (χ4v) is 2.41. The van der Waals surface area contributed by atoms with Crippen LogP contribution in [0.2, 0.25) is 0 Å². The van der Waals surface area contributed by atoms with Crippen LogP contribution in [0.4, 0.5) is 0 Å². The highest BCUT2D eigenvalue weighted by Gasteiger charge is 2.44. The van der Waals surface area contributed by atoms with Gasteiger partial charge in [-0.15, -0.1) is 0 Å². The molecule has 0 atom stereocenters. The maximum absolute atomic E-state index is 8.99. The van der Waals surface area contributed by atoms with E-state index in [9.17, 15) is 0 Å². The lowest BCUT2D eigenvalue weighted by atomic mass is 9.81. The minimum absolute atomic E-state index is 0.236. The van der Waals surface area contributed by atoms with Crippen LogP contribution in [0.15, 0.2) is 12.3 Å². The Kier molecular flexibility index (Phi) is 2.73. The van der Waals surface area contributed by atoms with Crippen molar-refractivity contribution in [3.05, 3.63) is 12.3 Å². The third kappa shape index (κ3) is 2.34. The molecule has 82 valence electrons. The fourth-order valence-electron chi connectivity index (χ4n) is 2.41. The van der Waals surface area contributed by atoms with Gasteiger partial charge >= 0.3 is 0 Å². The molecule has 2 rings (SSSR count). The zero-order valence-electron chi connectivity index (χ0n) is 9.55. The first-order valence-electron chi connectivity index (χ1n) is 6.03. The van der Waals surface area contributed by atoms with Gasteiger partial charge in [-0.25, -0.2) is 0 Å². The van der Waals surface area contributed by atoms with Crippen molar-refractivity contribution in [1.29, 1.82) is 5.26 Å². The Balaban J connectivity index is 1.84. The molecule has 0 spiro atoms. The van der Waals surface area contributed by atoms with Gasteiger partial charge in [0.25, 0.3) is 0 Å².